The maximum atomic E-state index is 13.2. The van der Waals surface area contributed by atoms with E-state index in [1.807, 2.05) is 25.1 Å². The van der Waals surface area contributed by atoms with Gasteiger partial charge in [0.15, 0.2) is 5.43 Å². The summed E-state index contributed by atoms with van der Waals surface area (Å²) in [5.41, 5.74) is 2.08. The number of quaternary nitrogens is 1. The van der Waals surface area contributed by atoms with Crippen LogP contribution in [0.4, 0.5) is 5.69 Å². The number of halogens is 1. The van der Waals surface area contributed by atoms with Gasteiger partial charge in [-0.15, -0.1) is 11.3 Å². The number of hydrogen-bond acceptors (Lipinski definition) is 4. The van der Waals surface area contributed by atoms with Gasteiger partial charge in [-0.1, -0.05) is 17.7 Å². The van der Waals surface area contributed by atoms with Gasteiger partial charge < -0.3 is 14.8 Å². The zero-order valence-corrected chi connectivity index (χ0v) is 15.8. The minimum atomic E-state index is -0.214. The van der Waals surface area contributed by atoms with Gasteiger partial charge in [0, 0.05) is 25.5 Å². The highest BCUT2D eigenvalue weighted by Gasteiger charge is 2.24. The maximum Gasteiger partial charge on any atom is 0.197 e. The Bertz CT molecular complexity index is 1030. The Hall–Kier alpha value is -1.66. The summed E-state index contributed by atoms with van der Waals surface area (Å²) in [6.07, 6.45) is 0. The lowest BCUT2D eigenvalue weighted by molar-refractivity contribution is -0.861. The number of piperazine rings is 1. The molecule has 0 N–H and O–H groups in total. The first-order valence-corrected chi connectivity index (χ1v) is 9.51. The molecule has 1 aromatic heterocycles. The van der Waals surface area contributed by atoms with Crippen LogP contribution in [0, 0.1) is 12.1 Å². The first-order chi connectivity index (χ1) is 11.9. The van der Waals surface area contributed by atoms with Crippen LogP contribution < -0.4 is 10.3 Å². The van der Waals surface area contributed by atoms with Crippen LogP contribution >= 0.6 is 22.9 Å². The van der Waals surface area contributed by atoms with E-state index >= 15 is 0 Å². The molecule has 0 bridgehead atoms. The van der Waals surface area contributed by atoms with E-state index in [0.717, 1.165) is 26.0 Å². The van der Waals surface area contributed by atoms with Crippen molar-refractivity contribution in [3.63, 3.8) is 0 Å². The number of rotatable bonds is 1. The Balaban J connectivity index is 1.96. The molecule has 6 heteroatoms. The topological polar surface area (TPSA) is 43.4 Å². The lowest BCUT2D eigenvalue weighted by Crippen LogP contribution is -2.53. The fourth-order valence-corrected chi connectivity index (χ4v) is 4.87. The highest BCUT2D eigenvalue weighted by Crippen LogP contribution is 2.34. The molecule has 4 rings (SSSR count). The van der Waals surface area contributed by atoms with Crippen molar-refractivity contribution < 1.29 is 4.65 Å². The predicted octanol–water partition coefficient (Wildman–Crippen LogP) is 4.14. The molecule has 0 amide bonds. The molecular weight excluding hydrogens is 356 g/mol. The number of hydrogen-bond donors (Lipinski definition) is 0. The van der Waals surface area contributed by atoms with Crippen LogP contribution in [0.2, 0.25) is 5.02 Å². The number of benzene rings is 2. The summed E-state index contributed by atoms with van der Waals surface area (Å²) in [4.78, 5) is 15.4. The van der Waals surface area contributed by atoms with Crippen LogP contribution in [0.5, 0.6) is 0 Å². The molecule has 1 saturated heterocycles. The molecule has 0 saturated carbocycles. The first kappa shape index (κ1) is 16.8. The number of hydroxylamine groups is 3. The van der Waals surface area contributed by atoms with Crippen molar-refractivity contribution in [2.45, 2.75) is 6.92 Å². The Labute approximate surface area is 155 Å². The molecule has 1 fully saturated rings. The van der Waals surface area contributed by atoms with Gasteiger partial charge in [-0.3, -0.25) is 4.79 Å². The number of fused-ring (bicyclic) bond motifs is 2. The summed E-state index contributed by atoms with van der Waals surface area (Å²) in [5.74, 6) is 0. The average molecular weight is 375 g/mol. The maximum absolute atomic E-state index is 13.2. The Morgan fingerprint density at radius 3 is 2.64 bits per heavy atom. The van der Waals surface area contributed by atoms with Gasteiger partial charge in [0.2, 0.25) is 0 Å². The SMILES string of the molecule is Cc1ccc(N2CC[N+](C)([O-])CC2)c2c(=O)c3ccc(Cl)cc3sc12. The summed E-state index contributed by atoms with van der Waals surface area (Å²) in [7, 11) is 1.71. The van der Waals surface area contributed by atoms with E-state index in [9.17, 15) is 10.0 Å². The fraction of sp³-hybridized carbons (Fsp3) is 0.316. The molecule has 0 atom stereocenters. The summed E-state index contributed by atoms with van der Waals surface area (Å²) in [5, 5.41) is 14.2. The quantitative estimate of drug-likeness (QED) is 0.365. The van der Waals surface area contributed by atoms with Crippen molar-refractivity contribution in [3.05, 3.63) is 56.3 Å². The largest absolute Gasteiger partial charge is 0.633 e. The van der Waals surface area contributed by atoms with Gasteiger partial charge in [-0.2, -0.15) is 0 Å². The first-order valence-electron chi connectivity index (χ1n) is 8.32. The fourth-order valence-electron chi connectivity index (χ4n) is 3.43. The van der Waals surface area contributed by atoms with Gasteiger partial charge in [-0.05, 0) is 36.8 Å². The van der Waals surface area contributed by atoms with Crippen LogP contribution in [-0.2, 0) is 0 Å². The van der Waals surface area contributed by atoms with Crippen LogP contribution in [-0.4, -0.2) is 37.9 Å². The second kappa shape index (κ2) is 5.95. The predicted molar refractivity (Wildman–Crippen MR) is 107 cm³/mol. The second-order valence-corrected chi connectivity index (χ2v) is 8.40. The molecule has 0 spiro atoms. The zero-order valence-electron chi connectivity index (χ0n) is 14.2. The third-order valence-electron chi connectivity index (χ3n) is 4.99. The van der Waals surface area contributed by atoms with Crippen molar-refractivity contribution in [2.75, 3.05) is 38.1 Å². The lowest BCUT2D eigenvalue weighted by Gasteiger charge is -2.46. The van der Waals surface area contributed by atoms with Crippen molar-refractivity contribution in [2.24, 2.45) is 0 Å². The normalized spacial score (nSPS) is 17.4. The highest BCUT2D eigenvalue weighted by atomic mass is 35.5. The van der Waals surface area contributed by atoms with Crippen LogP contribution in [0.3, 0.4) is 0 Å². The van der Waals surface area contributed by atoms with E-state index in [2.05, 4.69) is 11.0 Å². The van der Waals surface area contributed by atoms with Crippen molar-refractivity contribution in [1.29, 1.82) is 0 Å². The average Bonchev–Trinajstić information content (AvgIpc) is 2.56. The van der Waals surface area contributed by atoms with Gasteiger partial charge in [0.1, 0.15) is 0 Å². The van der Waals surface area contributed by atoms with E-state index in [4.69, 9.17) is 11.6 Å². The van der Waals surface area contributed by atoms with E-state index in [1.165, 1.54) is 0 Å². The molecule has 1 aliphatic heterocycles. The van der Waals surface area contributed by atoms with E-state index < -0.39 is 0 Å². The Morgan fingerprint density at radius 1 is 1.20 bits per heavy atom. The zero-order chi connectivity index (χ0) is 17.8. The second-order valence-electron chi connectivity index (χ2n) is 6.91. The van der Waals surface area contributed by atoms with Crippen LogP contribution in [0.15, 0.2) is 35.1 Å². The number of likely N-dealkylation sites (N-methyl/N-ethyl adjacent to an activating group) is 1. The molecule has 0 radical (unpaired) electrons. The molecule has 2 aromatic carbocycles. The van der Waals surface area contributed by atoms with E-state index in [-0.39, 0.29) is 10.1 Å². The highest BCUT2D eigenvalue weighted by molar-refractivity contribution is 7.24. The molecular formula is C19H19ClN2O2S. The minimum Gasteiger partial charge on any atom is -0.633 e. The smallest absolute Gasteiger partial charge is 0.197 e. The van der Waals surface area contributed by atoms with Crippen molar-refractivity contribution in [3.8, 4) is 0 Å². The summed E-state index contributed by atoms with van der Waals surface area (Å²) in [6, 6.07) is 9.51. The van der Waals surface area contributed by atoms with Gasteiger partial charge in [-0.25, -0.2) is 0 Å². The molecule has 0 aliphatic carbocycles. The molecule has 25 heavy (non-hydrogen) atoms. The molecule has 1 aliphatic rings. The van der Waals surface area contributed by atoms with Crippen LogP contribution in [0.1, 0.15) is 5.56 Å². The summed E-state index contributed by atoms with van der Waals surface area (Å²) >= 11 is 7.71. The van der Waals surface area contributed by atoms with Gasteiger partial charge in [0.25, 0.3) is 0 Å². The molecule has 2 heterocycles. The molecule has 130 valence electrons. The number of nitrogens with zero attached hydrogens (tertiary/aromatic N) is 2. The van der Waals surface area contributed by atoms with E-state index in [0.29, 0.717) is 36.6 Å². The van der Waals surface area contributed by atoms with Gasteiger partial charge >= 0.3 is 0 Å². The summed E-state index contributed by atoms with van der Waals surface area (Å²) < 4.78 is 1.70. The third kappa shape index (κ3) is 2.91. The monoisotopic (exact) mass is 374 g/mol. The van der Waals surface area contributed by atoms with Gasteiger partial charge in [0.05, 0.1) is 38.6 Å². The molecule has 3 aromatic rings. The standard InChI is InChI=1S/C19H19ClN2O2S/c1-12-3-6-15(21-7-9-22(2,24)10-8-21)17-18(23)14-5-4-13(20)11-16(14)25-19(12)17/h3-6,11H,7-10H2,1-2H3. The number of aryl methyl sites for hydroxylation is 1. The van der Waals surface area contributed by atoms with Crippen molar-refractivity contribution >= 4 is 48.8 Å². The summed E-state index contributed by atoms with van der Waals surface area (Å²) in [6.45, 7) is 4.44. The van der Waals surface area contributed by atoms with Crippen molar-refractivity contribution in [1.82, 2.24) is 0 Å². The minimum absolute atomic E-state index is 0.0454. The lowest BCUT2D eigenvalue weighted by atomic mass is 10.1. The van der Waals surface area contributed by atoms with E-state index in [1.54, 1.807) is 24.5 Å². The number of anilines is 1. The third-order valence-corrected chi connectivity index (χ3v) is 6.51. The molecule has 4 nitrogen and oxygen atoms in total. The Kier molecular flexibility index (Phi) is 4.00. The molecule has 0 unspecified atom stereocenters. The Morgan fingerprint density at radius 2 is 1.92 bits per heavy atom. The van der Waals surface area contributed by atoms with Crippen LogP contribution in [0.25, 0.3) is 20.2 Å².